The molecule has 0 amide bonds. The van der Waals surface area contributed by atoms with Crippen molar-refractivity contribution in [1.82, 2.24) is 0 Å². The molecule has 108 valence electrons. The predicted molar refractivity (Wildman–Crippen MR) is 92.4 cm³/mol. The summed E-state index contributed by atoms with van der Waals surface area (Å²) in [5.41, 5.74) is 8.56. The minimum absolute atomic E-state index is 0.255. The third-order valence-corrected chi connectivity index (χ3v) is 4.93. The summed E-state index contributed by atoms with van der Waals surface area (Å²) >= 11 is 5.57. The molecule has 2 N–H and O–H groups in total. The Morgan fingerprint density at radius 2 is 2.11 bits per heavy atom. The molecule has 0 aliphatic carbocycles. The lowest BCUT2D eigenvalue weighted by atomic mass is 10.0. The summed E-state index contributed by atoms with van der Waals surface area (Å²) in [6.45, 7) is 4.38. The molecule has 1 rings (SSSR count). The molecule has 0 aliphatic rings. The van der Waals surface area contributed by atoms with Gasteiger partial charge < -0.3 is 10.6 Å². The van der Waals surface area contributed by atoms with Crippen molar-refractivity contribution in [3.63, 3.8) is 0 Å². The van der Waals surface area contributed by atoms with Crippen molar-refractivity contribution < 1.29 is 0 Å². The van der Waals surface area contributed by atoms with Gasteiger partial charge in [-0.3, -0.25) is 0 Å². The molecule has 4 heteroatoms. The lowest BCUT2D eigenvalue weighted by molar-refractivity contribution is 0.646. The van der Waals surface area contributed by atoms with Crippen LogP contribution in [0.15, 0.2) is 22.7 Å². The van der Waals surface area contributed by atoms with E-state index in [1.54, 1.807) is 0 Å². The van der Waals surface area contributed by atoms with Gasteiger partial charge in [-0.2, -0.15) is 11.8 Å². The summed E-state index contributed by atoms with van der Waals surface area (Å²) < 4.78 is 1.16. The molecule has 1 aromatic rings. The van der Waals surface area contributed by atoms with Gasteiger partial charge in [0.25, 0.3) is 0 Å². The highest BCUT2D eigenvalue weighted by Gasteiger charge is 2.13. The highest BCUT2D eigenvalue weighted by Crippen LogP contribution is 2.28. The second-order valence-corrected chi connectivity index (χ2v) is 6.84. The highest BCUT2D eigenvalue weighted by molar-refractivity contribution is 9.10. The number of rotatable bonds is 7. The minimum Gasteiger partial charge on any atom is -0.370 e. The SMILES string of the molecule is CCC(N)Cc1ccc(N(C)C(C)CSC)c(Br)c1. The van der Waals surface area contributed by atoms with Crippen LogP contribution in [0.1, 0.15) is 25.8 Å². The van der Waals surface area contributed by atoms with Crippen molar-refractivity contribution in [3.05, 3.63) is 28.2 Å². The zero-order valence-corrected chi connectivity index (χ0v) is 14.7. The number of anilines is 1. The number of thioether (sulfide) groups is 1. The second-order valence-electron chi connectivity index (χ2n) is 5.07. The molecule has 0 saturated carbocycles. The Bertz CT molecular complexity index is 398. The number of hydrogen-bond acceptors (Lipinski definition) is 3. The Hall–Kier alpha value is -0.190. The molecule has 1 aromatic carbocycles. The lowest BCUT2D eigenvalue weighted by Crippen LogP contribution is -2.31. The number of nitrogens with two attached hydrogens (primary N) is 1. The van der Waals surface area contributed by atoms with Crippen molar-refractivity contribution in [1.29, 1.82) is 0 Å². The molecule has 2 unspecified atom stereocenters. The van der Waals surface area contributed by atoms with Crippen LogP contribution >= 0.6 is 27.7 Å². The first kappa shape index (κ1) is 16.9. The molecule has 19 heavy (non-hydrogen) atoms. The fourth-order valence-electron chi connectivity index (χ4n) is 2.00. The normalized spacial score (nSPS) is 14.2. The molecule has 2 nitrogen and oxygen atoms in total. The van der Waals surface area contributed by atoms with Crippen LogP contribution < -0.4 is 10.6 Å². The standard InChI is InChI=1S/C15H25BrN2S/c1-5-13(17)8-12-6-7-15(14(16)9-12)18(3)11(2)10-19-4/h6-7,9,11,13H,5,8,10,17H2,1-4H3. The van der Waals surface area contributed by atoms with E-state index in [1.165, 1.54) is 11.3 Å². The van der Waals surface area contributed by atoms with Crippen LogP contribution in [-0.2, 0) is 6.42 Å². The van der Waals surface area contributed by atoms with E-state index < -0.39 is 0 Å². The average Bonchev–Trinajstić information content (AvgIpc) is 2.38. The zero-order chi connectivity index (χ0) is 14.4. The van der Waals surface area contributed by atoms with Crippen molar-refractivity contribution in [2.24, 2.45) is 5.73 Å². The number of benzene rings is 1. The van der Waals surface area contributed by atoms with Crippen molar-refractivity contribution in [2.75, 3.05) is 24.0 Å². The van der Waals surface area contributed by atoms with Crippen LogP contribution in [0.25, 0.3) is 0 Å². The summed E-state index contributed by atoms with van der Waals surface area (Å²) in [5.74, 6) is 1.13. The fourth-order valence-corrected chi connectivity index (χ4v) is 3.41. The van der Waals surface area contributed by atoms with Gasteiger partial charge >= 0.3 is 0 Å². The molecule has 0 spiro atoms. The first-order chi connectivity index (χ1) is 8.99. The van der Waals surface area contributed by atoms with Crippen LogP contribution in [0, 0.1) is 0 Å². The number of halogens is 1. The molecule has 0 heterocycles. The monoisotopic (exact) mass is 344 g/mol. The van der Waals surface area contributed by atoms with E-state index in [1.807, 2.05) is 11.8 Å². The van der Waals surface area contributed by atoms with Gasteiger partial charge in [0.05, 0.1) is 5.69 Å². The van der Waals surface area contributed by atoms with Crippen LogP contribution in [0.3, 0.4) is 0 Å². The minimum atomic E-state index is 0.255. The van der Waals surface area contributed by atoms with E-state index in [-0.39, 0.29) is 6.04 Å². The Morgan fingerprint density at radius 3 is 2.63 bits per heavy atom. The molecule has 2 atom stereocenters. The van der Waals surface area contributed by atoms with Crippen LogP contribution in [0.4, 0.5) is 5.69 Å². The summed E-state index contributed by atoms with van der Waals surface area (Å²) in [6.07, 6.45) is 4.11. The van der Waals surface area contributed by atoms with Gasteiger partial charge in [0.15, 0.2) is 0 Å². The van der Waals surface area contributed by atoms with E-state index in [4.69, 9.17) is 5.73 Å². The van der Waals surface area contributed by atoms with E-state index in [9.17, 15) is 0 Å². The number of hydrogen-bond donors (Lipinski definition) is 1. The van der Waals surface area contributed by atoms with Crippen molar-refractivity contribution in [3.8, 4) is 0 Å². The maximum atomic E-state index is 6.01. The topological polar surface area (TPSA) is 29.3 Å². The van der Waals surface area contributed by atoms with Gasteiger partial charge in [0.2, 0.25) is 0 Å². The van der Waals surface area contributed by atoms with E-state index in [2.05, 4.69) is 66.2 Å². The van der Waals surface area contributed by atoms with E-state index in [0.29, 0.717) is 6.04 Å². The maximum Gasteiger partial charge on any atom is 0.0510 e. The number of nitrogens with zero attached hydrogens (tertiary/aromatic N) is 1. The van der Waals surface area contributed by atoms with Gasteiger partial charge in [-0.15, -0.1) is 0 Å². The van der Waals surface area contributed by atoms with Crippen LogP contribution in [0.5, 0.6) is 0 Å². The first-order valence-corrected chi connectivity index (χ1v) is 8.94. The molecule has 0 aromatic heterocycles. The Morgan fingerprint density at radius 1 is 1.42 bits per heavy atom. The summed E-state index contributed by atoms with van der Waals surface area (Å²) in [6, 6.07) is 7.37. The van der Waals surface area contributed by atoms with E-state index >= 15 is 0 Å². The van der Waals surface area contributed by atoms with Crippen molar-refractivity contribution in [2.45, 2.75) is 38.8 Å². The summed E-state index contributed by atoms with van der Waals surface area (Å²) in [7, 11) is 2.15. The summed E-state index contributed by atoms with van der Waals surface area (Å²) in [4.78, 5) is 2.32. The molecule has 0 saturated heterocycles. The average molecular weight is 345 g/mol. The van der Waals surface area contributed by atoms with Gasteiger partial charge in [0, 0.05) is 29.4 Å². The third kappa shape index (κ3) is 5.01. The quantitative estimate of drug-likeness (QED) is 0.812. The molecular weight excluding hydrogens is 320 g/mol. The second kappa shape index (κ2) is 8.18. The van der Waals surface area contributed by atoms with Crippen molar-refractivity contribution >= 4 is 33.4 Å². The fraction of sp³-hybridized carbons (Fsp3) is 0.600. The zero-order valence-electron chi connectivity index (χ0n) is 12.3. The lowest BCUT2D eigenvalue weighted by Gasteiger charge is -2.28. The Kier molecular flexibility index (Phi) is 7.26. The van der Waals surface area contributed by atoms with Gasteiger partial charge in [-0.05, 0) is 59.6 Å². The summed E-state index contributed by atoms with van der Waals surface area (Å²) in [5, 5.41) is 0. The highest BCUT2D eigenvalue weighted by atomic mass is 79.9. The Labute approximate surface area is 130 Å². The van der Waals surface area contributed by atoms with Crippen LogP contribution in [-0.4, -0.2) is 31.1 Å². The molecular formula is C15H25BrN2S. The van der Waals surface area contributed by atoms with Gasteiger partial charge in [0.1, 0.15) is 0 Å². The maximum absolute atomic E-state index is 6.01. The van der Waals surface area contributed by atoms with Crippen LogP contribution in [0.2, 0.25) is 0 Å². The van der Waals surface area contributed by atoms with Gasteiger partial charge in [-0.1, -0.05) is 13.0 Å². The smallest absolute Gasteiger partial charge is 0.0510 e. The predicted octanol–water partition coefficient (Wildman–Crippen LogP) is 3.92. The van der Waals surface area contributed by atoms with E-state index in [0.717, 1.165) is 23.1 Å². The molecule has 0 radical (unpaired) electrons. The van der Waals surface area contributed by atoms with Gasteiger partial charge in [-0.25, -0.2) is 0 Å². The Balaban J connectivity index is 2.82. The largest absolute Gasteiger partial charge is 0.370 e. The third-order valence-electron chi connectivity index (χ3n) is 3.48. The molecule has 0 aliphatic heterocycles. The molecule has 0 fully saturated rings. The molecule has 0 bridgehead atoms. The first-order valence-electron chi connectivity index (χ1n) is 6.75.